The standard InChI is InChI=1S/C13H25NO3/c1-3-11-5-4-7-13(8-6-11,12(15)16)14-9-10-17-2/h11,14H,3-10H2,1-2H3,(H,15,16). The van der Waals surface area contributed by atoms with Crippen molar-refractivity contribution in [3.8, 4) is 0 Å². The first-order valence-electron chi connectivity index (χ1n) is 6.62. The number of carboxylic acids is 1. The monoisotopic (exact) mass is 243 g/mol. The molecule has 4 nitrogen and oxygen atoms in total. The molecule has 100 valence electrons. The summed E-state index contributed by atoms with van der Waals surface area (Å²) in [5, 5.41) is 12.7. The van der Waals surface area contributed by atoms with Crippen molar-refractivity contribution < 1.29 is 14.6 Å². The summed E-state index contributed by atoms with van der Waals surface area (Å²) in [5.74, 6) is -0.00851. The van der Waals surface area contributed by atoms with E-state index >= 15 is 0 Å². The molecule has 17 heavy (non-hydrogen) atoms. The minimum absolute atomic E-state index is 0.562. The number of methoxy groups -OCH3 is 1. The van der Waals surface area contributed by atoms with Gasteiger partial charge < -0.3 is 9.84 Å². The fourth-order valence-corrected chi connectivity index (χ4v) is 2.68. The Hall–Kier alpha value is -0.610. The van der Waals surface area contributed by atoms with Gasteiger partial charge in [0.25, 0.3) is 0 Å². The highest BCUT2D eigenvalue weighted by molar-refractivity contribution is 5.78. The Morgan fingerprint density at radius 1 is 1.47 bits per heavy atom. The van der Waals surface area contributed by atoms with Gasteiger partial charge in [-0.15, -0.1) is 0 Å². The molecule has 0 saturated heterocycles. The van der Waals surface area contributed by atoms with Crippen molar-refractivity contribution in [1.29, 1.82) is 0 Å². The van der Waals surface area contributed by atoms with Crippen LogP contribution in [-0.2, 0) is 9.53 Å². The fourth-order valence-electron chi connectivity index (χ4n) is 2.68. The molecule has 1 aliphatic rings. The number of carboxylic acid groups (broad SMARTS) is 1. The Kier molecular flexibility index (Phi) is 5.92. The van der Waals surface area contributed by atoms with Crippen LogP contribution < -0.4 is 5.32 Å². The van der Waals surface area contributed by atoms with Gasteiger partial charge in [0.15, 0.2) is 0 Å². The number of nitrogens with one attached hydrogen (secondary N) is 1. The maximum atomic E-state index is 11.5. The number of aliphatic carboxylic acids is 1. The summed E-state index contributed by atoms with van der Waals surface area (Å²) in [6, 6.07) is 0. The predicted molar refractivity (Wildman–Crippen MR) is 67.1 cm³/mol. The third-order valence-electron chi connectivity index (χ3n) is 3.95. The van der Waals surface area contributed by atoms with Crippen molar-refractivity contribution in [2.75, 3.05) is 20.3 Å². The topological polar surface area (TPSA) is 58.6 Å². The summed E-state index contributed by atoms with van der Waals surface area (Å²) in [5.41, 5.74) is -0.720. The number of carbonyl (C=O) groups is 1. The van der Waals surface area contributed by atoms with Crippen LogP contribution in [0.5, 0.6) is 0 Å². The molecule has 0 amide bonds. The predicted octanol–water partition coefficient (Wildman–Crippen LogP) is 2.04. The van der Waals surface area contributed by atoms with Crippen LogP contribution in [-0.4, -0.2) is 36.9 Å². The second-order valence-electron chi connectivity index (χ2n) is 5.01. The van der Waals surface area contributed by atoms with Crippen LogP contribution in [0, 0.1) is 5.92 Å². The molecule has 0 radical (unpaired) electrons. The Balaban J connectivity index is 2.60. The zero-order valence-corrected chi connectivity index (χ0v) is 11.0. The SMILES string of the molecule is CCC1CCCC(NCCOC)(C(=O)O)CC1. The molecule has 0 spiro atoms. The zero-order chi connectivity index (χ0) is 12.7. The van der Waals surface area contributed by atoms with E-state index < -0.39 is 11.5 Å². The van der Waals surface area contributed by atoms with Crippen LogP contribution in [0.25, 0.3) is 0 Å². The highest BCUT2D eigenvalue weighted by Crippen LogP contribution is 2.32. The molecular formula is C13H25NO3. The lowest BCUT2D eigenvalue weighted by molar-refractivity contribution is -0.145. The summed E-state index contributed by atoms with van der Waals surface area (Å²) in [6.45, 7) is 3.36. The normalized spacial score (nSPS) is 29.9. The third kappa shape index (κ3) is 3.96. The second-order valence-corrected chi connectivity index (χ2v) is 5.01. The van der Waals surface area contributed by atoms with Crippen LogP contribution in [0.4, 0.5) is 0 Å². The lowest BCUT2D eigenvalue weighted by Crippen LogP contribution is -2.52. The summed E-state index contributed by atoms with van der Waals surface area (Å²) in [7, 11) is 1.63. The van der Waals surface area contributed by atoms with Gasteiger partial charge in [0, 0.05) is 13.7 Å². The van der Waals surface area contributed by atoms with Gasteiger partial charge in [0.2, 0.25) is 0 Å². The van der Waals surface area contributed by atoms with E-state index in [0.717, 1.165) is 38.5 Å². The molecule has 0 aliphatic heterocycles. The van der Waals surface area contributed by atoms with Crippen LogP contribution in [0.1, 0.15) is 45.4 Å². The van der Waals surface area contributed by atoms with Crippen LogP contribution in [0.2, 0.25) is 0 Å². The number of rotatable bonds is 6. The maximum Gasteiger partial charge on any atom is 0.323 e. The van der Waals surface area contributed by atoms with Gasteiger partial charge in [-0.1, -0.05) is 26.2 Å². The van der Waals surface area contributed by atoms with Crippen molar-refractivity contribution in [3.63, 3.8) is 0 Å². The molecule has 1 fully saturated rings. The minimum atomic E-state index is -0.720. The van der Waals surface area contributed by atoms with Crippen LogP contribution in [0.3, 0.4) is 0 Å². The minimum Gasteiger partial charge on any atom is -0.480 e. The fraction of sp³-hybridized carbons (Fsp3) is 0.923. The second kappa shape index (κ2) is 6.97. The van der Waals surface area contributed by atoms with Crippen LogP contribution in [0.15, 0.2) is 0 Å². The molecule has 4 heteroatoms. The van der Waals surface area contributed by atoms with Gasteiger partial charge in [0.1, 0.15) is 5.54 Å². The number of hydrogen-bond acceptors (Lipinski definition) is 3. The average Bonchev–Trinajstić information content (AvgIpc) is 2.53. The van der Waals surface area contributed by atoms with Gasteiger partial charge in [0.05, 0.1) is 6.61 Å². The number of ether oxygens (including phenoxy) is 1. The quantitative estimate of drug-likeness (QED) is 0.553. The van der Waals surface area contributed by atoms with Gasteiger partial charge in [-0.3, -0.25) is 10.1 Å². The van der Waals surface area contributed by atoms with E-state index in [-0.39, 0.29) is 0 Å². The van der Waals surface area contributed by atoms with Crippen molar-refractivity contribution in [1.82, 2.24) is 5.32 Å². The van der Waals surface area contributed by atoms with Crippen molar-refractivity contribution in [3.05, 3.63) is 0 Å². The summed E-state index contributed by atoms with van der Waals surface area (Å²) < 4.78 is 4.98. The van der Waals surface area contributed by atoms with E-state index in [1.807, 2.05) is 0 Å². The summed E-state index contributed by atoms with van der Waals surface area (Å²) in [4.78, 5) is 11.5. The molecule has 1 rings (SSSR count). The lowest BCUT2D eigenvalue weighted by Gasteiger charge is -2.29. The van der Waals surface area contributed by atoms with Gasteiger partial charge in [-0.05, 0) is 25.2 Å². The molecule has 0 bridgehead atoms. The van der Waals surface area contributed by atoms with Crippen molar-refractivity contribution in [2.45, 2.75) is 51.0 Å². The first-order valence-corrected chi connectivity index (χ1v) is 6.62. The molecule has 0 aromatic rings. The highest BCUT2D eigenvalue weighted by atomic mass is 16.5. The number of hydrogen-bond donors (Lipinski definition) is 2. The smallest absolute Gasteiger partial charge is 0.323 e. The molecule has 0 heterocycles. The van der Waals surface area contributed by atoms with Gasteiger partial charge in [-0.25, -0.2) is 0 Å². The molecule has 2 atom stereocenters. The largest absolute Gasteiger partial charge is 0.480 e. The van der Waals surface area contributed by atoms with E-state index in [1.54, 1.807) is 7.11 Å². The first-order chi connectivity index (χ1) is 8.14. The summed E-state index contributed by atoms with van der Waals surface area (Å²) >= 11 is 0. The van der Waals surface area contributed by atoms with E-state index in [0.29, 0.717) is 19.1 Å². The highest BCUT2D eigenvalue weighted by Gasteiger charge is 2.39. The Labute approximate surface area is 104 Å². The Morgan fingerprint density at radius 2 is 2.24 bits per heavy atom. The van der Waals surface area contributed by atoms with Crippen LogP contribution >= 0.6 is 0 Å². The molecule has 1 saturated carbocycles. The molecule has 0 aromatic carbocycles. The molecule has 2 N–H and O–H groups in total. The van der Waals surface area contributed by atoms with Crippen molar-refractivity contribution in [2.24, 2.45) is 5.92 Å². The lowest BCUT2D eigenvalue weighted by atomic mass is 9.89. The molecule has 1 aliphatic carbocycles. The zero-order valence-electron chi connectivity index (χ0n) is 11.0. The van der Waals surface area contributed by atoms with E-state index in [2.05, 4.69) is 12.2 Å². The summed E-state index contributed by atoms with van der Waals surface area (Å²) in [6.07, 6.45) is 5.83. The van der Waals surface area contributed by atoms with E-state index in [1.165, 1.54) is 0 Å². The molecule has 0 aromatic heterocycles. The van der Waals surface area contributed by atoms with E-state index in [4.69, 9.17) is 4.74 Å². The molecule has 2 unspecified atom stereocenters. The maximum absolute atomic E-state index is 11.5. The van der Waals surface area contributed by atoms with Crippen molar-refractivity contribution >= 4 is 5.97 Å². The Bertz CT molecular complexity index is 245. The Morgan fingerprint density at radius 3 is 2.82 bits per heavy atom. The van der Waals surface area contributed by atoms with Gasteiger partial charge in [-0.2, -0.15) is 0 Å². The third-order valence-corrected chi connectivity index (χ3v) is 3.95. The average molecular weight is 243 g/mol. The first kappa shape index (κ1) is 14.5. The van der Waals surface area contributed by atoms with Gasteiger partial charge >= 0.3 is 5.97 Å². The van der Waals surface area contributed by atoms with E-state index in [9.17, 15) is 9.90 Å². The molecular weight excluding hydrogens is 218 g/mol.